The number of hydrogen-bond acceptors (Lipinski definition) is 4. The van der Waals surface area contributed by atoms with E-state index >= 15 is 0 Å². The van der Waals surface area contributed by atoms with E-state index in [2.05, 4.69) is 11.9 Å². The van der Waals surface area contributed by atoms with Crippen molar-refractivity contribution in [3.8, 4) is 0 Å². The monoisotopic (exact) mass is 245 g/mol. The van der Waals surface area contributed by atoms with Crippen molar-refractivity contribution in [3.05, 3.63) is 14.5 Å². The fourth-order valence-corrected chi connectivity index (χ4v) is 2.39. The van der Waals surface area contributed by atoms with E-state index in [1.807, 2.05) is 6.92 Å². The standard InChI is InChI=1S/C10H15NO2S2/c1-3-4-5-13-9(12)6-8-7(2)11-10(14)15-8/h3-6H2,1-2H3,(H,11,14). The topological polar surface area (TPSA) is 42.1 Å². The molecular formula is C10H15NO2S2. The molecule has 0 aliphatic heterocycles. The molecule has 0 aliphatic carbocycles. The highest BCUT2D eigenvalue weighted by atomic mass is 32.1. The second kappa shape index (κ2) is 6.02. The van der Waals surface area contributed by atoms with Crippen LogP contribution in [0.25, 0.3) is 0 Å². The van der Waals surface area contributed by atoms with Crippen molar-refractivity contribution >= 4 is 29.5 Å². The van der Waals surface area contributed by atoms with E-state index in [4.69, 9.17) is 17.0 Å². The molecule has 0 spiro atoms. The number of thiazole rings is 1. The quantitative estimate of drug-likeness (QED) is 0.492. The SMILES string of the molecule is CCCCOC(=O)Cc1sc(=S)[nH]c1C. The summed E-state index contributed by atoms with van der Waals surface area (Å²) in [5, 5.41) is 0. The fraction of sp³-hybridized carbons (Fsp3) is 0.600. The van der Waals surface area contributed by atoms with E-state index in [1.165, 1.54) is 11.3 Å². The predicted octanol–water partition coefficient (Wildman–Crippen LogP) is 3.00. The van der Waals surface area contributed by atoms with Crippen molar-refractivity contribution in [1.82, 2.24) is 4.98 Å². The van der Waals surface area contributed by atoms with Gasteiger partial charge in [0.05, 0.1) is 13.0 Å². The van der Waals surface area contributed by atoms with Gasteiger partial charge >= 0.3 is 5.97 Å². The normalized spacial score (nSPS) is 10.3. The van der Waals surface area contributed by atoms with Gasteiger partial charge in [0.25, 0.3) is 0 Å². The molecule has 0 aliphatic rings. The second-order valence-electron chi connectivity index (χ2n) is 3.31. The molecule has 5 heteroatoms. The van der Waals surface area contributed by atoms with Crippen LogP contribution < -0.4 is 0 Å². The minimum atomic E-state index is -0.170. The van der Waals surface area contributed by atoms with Gasteiger partial charge in [-0.05, 0) is 25.6 Å². The molecular weight excluding hydrogens is 230 g/mol. The first-order valence-corrected chi connectivity index (χ1v) is 6.20. The number of unbranched alkanes of at least 4 members (excludes halogenated alkanes) is 1. The Morgan fingerprint density at radius 1 is 1.60 bits per heavy atom. The van der Waals surface area contributed by atoms with Crippen LogP contribution in [0.1, 0.15) is 30.3 Å². The molecule has 0 saturated heterocycles. The third kappa shape index (κ3) is 4.13. The largest absolute Gasteiger partial charge is 0.465 e. The smallest absolute Gasteiger partial charge is 0.311 e. The van der Waals surface area contributed by atoms with Gasteiger partial charge in [-0.1, -0.05) is 13.3 Å². The second-order valence-corrected chi connectivity index (χ2v) is 5.09. The van der Waals surface area contributed by atoms with E-state index in [1.54, 1.807) is 0 Å². The van der Waals surface area contributed by atoms with Crippen molar-refractivity contribution in [2.45, 2.75) is 33.1 Å². The molecule has 0 saturated carbocycles. The molecule has 0 amide bonds. The number of hydrogen-bond donors (Lipinski definition) is 1. The zero-order valence-electron chi connectivity index (χ0n) is 8.96. The molecule has 0 bridgehead atoms. The van der Waals surface area contributed by atoms with Gasteiger partial charge in [-0.25, -0.2) is 0 Å². The Balaban J connectivity index is 2.44. The molecule has 0 radical (unpaired) electrons. The van der Waals surface area contributed by atoms with E-state index in [9.17, 15) is 4.79 Å². The summed E-state index contributed by atoms with van der Waals surface area (Å²) >= 11 is 6.43. The average Bonchev–Trinajstić information content (AvgIpc) is 2.45. The molecule has 1 N–H and O–H groups in total. The molecule has 1 rings (SSSR count). The maximum absolute atomic E-state index is 11.4. The Kier molecular flexibility index (Phi) is 4.98. The summed E-state index contributed by atoms with van der Waals surface area (Å²) in [4.78, 5) is 15.4. The van der Waals surface area contributed by atoms with Gasteiger partial charge < -0.3 is 9.72 Å². The average molecular weight is 245 g/mol. The molecule has 1 heterocycles. The van der Waals surface area contributed by atoms with Gasteiger partial charge in [0.2, 0.25) is 0 Å². The lowest BCUT2D eigenvalue weighted by Crippen LogP contribution is -2.08. The van der Waals surface area contributed by atoms with Crippen LogP contribution in [-0.4, -0.2) is 17.6 Å². The van der Waals surface area contributed by atoms with Crippen LogP contribution in [0.4, 0.5) is 0 Å². The van der Waals surface area contributed by atoms with Crippen LogP contribution in [0.3, 0.4) is 0 Å². The minimum absolute atomic E-state index is 0.170. The summed E-state index contributed by atoms with van der Waals surface area (Å²) in [5.41, 5.74) is 0.970. The number of aromatic nitrogens is 1. The number of H-pyrrole nitrogens is 1. The number of carbonyl (C=O) groups excluding carboxylic acids is 1. The number of rotatable bonds is 5. The van der Waals surface area contributed by atoms with Crippen molar-refractivity contribution in [1.29, 1.82) is 0 Å². The number of ether oxygens (including phenoxy) is 1. The van der Waals surface area contributed by atoms with Gasteiger partial charge in [0.1, 0.15) is 0 Å². The maximum atomic E-state index is 11.4. The summed E-state index contributed by atoms with van der Waals surface area (Å²) in [6.07, 6.45) is 2.29. The van der Waals surface area contributed by atoms with Crippen molar-refractivity contribution in [3.63, 3.8) is 0 Å². The molecule has 15 heavy (non-hydrogen) atoms. The number of nitrogens with one attached hydrogen (secondary N) is 1. The Hall–Kier alpha value is -0.680. The van der Waals surface area contributed by atoms with Gasteiger partial charge in [-0.2, -0.15) is 0 Å². The first-order valence-electron chi connectivity index (χ1n) is 4.97. The Morgan fingerprint density at radius 2 is 2.33 bits per heavy atom. The third-order valence-corrected chi connectivity index (χ3v) is 3.33. The van der Waals surface area contributed by atoms with Crippen LogP contribution in [-0.2, 0) is 16.0 Å². The van der Waals surface area contributed by atoms with Gasteiger partial charge in [-0.15, -0.1) is 11.3 Å². The molecule has 1 aromatic rings. The highest BCUT2D eigenvalue weighted by Crippen LogP contribution is 2.15. The Labute approximate surface area is 98.5 Å². The first kappa shape index (κ1) is 12.4. The molecule has 84 valence electrons. The van der Waals surface area contributed by atoms with Crippen LogP contribution in [0.5, 0.6) is 0 Å². The summed E-state index contributed by atoms with van der Waals surface area (Å²) in [7, 11) is 0. The van der Waals surface area contributed by atoms with Crippen LogP contribution in [0.15, 0.2) is 0 Å². The molecule has 1 aromatic heterocycles. The molecule has 0 atom stereocenters. The minimum Gasteiger partial charge on any atom is -0.465 e. The van der Waals surface area contributed by atoms with E-state index in [-0.39, 0.29) is 5.97 Å². The molecule has 3 nitrogen and oxygen atoms in total. The number of aryl methyl sites for hydroxylation is 1. The first-order chi connectivity index (χ1) is 7.13. The maximum Gasteiger partial charge on any atom is 0.311 e. The van der Waals surface area contributed by atoms with Crippen LogP contribution >= 0.6 is 23.6 Å². The third-order valence-electron chi connectivity index (χ3n) is 1.99. The summed E-state index contributed by atoms with van der Waals surface area (Å²) in [6, 6.07) is 0. The van der Waals surface area contributed by atoms with Crippen molar-refractivity contribution < 1.29 is 9.53 Å². The molecule has 0 aromatic carbocycles. The van der Waals surface area contributed by atoms with E-state index in [0.717, 1.165) is 23.4 Å². The molecule has 0 unspecified atom stereocenters. The summed E-state index contributed by atoms with van der Waals surface area (Å²) in [6.45, 7) is 4.50. The van der Waals surface area contributed by atoms with Crippen LogP contribution in [0, 0.1) is 10.9 Å². The summed E-state index contributed by atoms with van der Waals surface area (Å²) < 4.78 is 5.78. The van der Waals surface area contributed by atoms with Gasteiger partial charge in [0.15, 0.2) is 3.95 Å². The van der Waals surface area contributed by atoms with Crippen LogP contribution in [0.2, 0.25) is 0 Å². The lowest BCUT2D eigenvalue weighted by atomic mass is 10.3. The van der Waals surface area contributed by atoms with Crippen molar-refractivity contribution in [2.24, 2.45) is 0 Å². The van der Waals surface area contributed by atoms with Crippen molar-refractivity contribution in [2.75, 3.05) is 6.61 Å². The lowest BCUT2D eigenvalue weighted by molar-refractivity contribution is -0.142. The highest BCUT2D eigenvalue weighted by molar-refractivity contribution is 7.73. The highest BCUT2D eigenvalue weighted by Gasteiger charge is 2.09. The number of esters is 1. The number of aromatic amines is 1. The molecule has 0 fully saturated rings. The Morgan fingerprint density at radius 3 is 2.87 bits per heavy atom. The Bertz CT molecular complexity index is 381. The zero-order chi connectivity index (χ0) is 11.3. The van der Waals surface area contributed by atoms with Gasteiger partial charge in [0, 0.05) is 10.6 Å². The predicted molar refractivity (Wildman–Crippen MR) is 63.8 cm³/mol. The lowest BCUT2D eigenvalue weighted by Gasteiger charge is -2.02. The fourth-order valence-electron chi connectivity index (χ4n) is 1.12. The number of carbonyl (C=O) groups is 1. The van der Waals surface area contributed by atoms with E-state index in [0.29, 0.717) is 17.0 Å². The van der Waals surface area contributed by atoms with E-state index < -0.39 is 0 Å². The van der Waals surface area contributed by atoms with Gasteiger partial charge in [-0.3, -0.25) is 4.79 Å². The summed E-state index contributed by atoms with van der Waals surface area (Å²) in [5.74, 6) is -0.170. The zero-order valence-corrected chi connectivity index (χ0v) is 10.6.